The highest BCUT2D eigenvalue weighted by molar-refractivity contribution is 5.79. The molecule has 0 unspecified atom stereocenters. The summed E-state index contributed by atoms with van der Waals surface area (Å²) < 4.78 is 0. The molecule has 0 aromatic heterocycles. The van der Waals surface area contributed by atoms with Gasteiger partial charge >= 0.3 is 5.97 Å². The molecule has 1 amide bonds. The van der Waals surface area contributed by atoms with Gasteiger partial charge in [0.2, 0.25) is 0 Å². The molecule has 1 saturated carbocycles. The minimum atomic E-state index is -0.815. The predicted molar refractivity (Wildman–Crippen MR) is 43.9 cm³/mol. The van der Waals surface area contributed by atoms with Gasteiger partial charge in [-0.05, 0) is 25.7 Å². The third-order valence-corrected chi connectivity index (χ3v) is 2.52. The highest BCUT2D eigenvalue weighted by atomic mass is 16.4. The zero-order valence-electron chi connectivity index (χ0n) is 7.10. The average Bonchev–Trinajstić information content (AvgIpc) is 2.17. The van der Waals surface area contributed by atoms with Crippen molar-refractivity contribution >= 4 is 11.9 Å². The number of nitrogens with zero attached hydrogens (tertiary/aromatic N) is 1. The summed E-state index contributed by atoms with van der Waals surface area (Å²) in [5, 5.41) is 11.0. The second-order valence-electron chi connectivity index (χ2n) is 3.32. The molecule has 0 bridgehead atoms. The Balaban J connectivity index is 2.43. The van der Waals surface area contributed by atoms with E-state index in [1.807, 2.05) is 0 Å². The van der Waals surface area contributed by atoms with Crippen LogP contribution < -0.4 is 0 Å². The van der Waals surface area contributed by atoms with E-state index in [1.165, 1.54) is 0 Å². The molecule has 5 nitrogen and oxygen atoms in total. The minimum absolute atomic E-state index is 0.340. The van der Waals surface area contributed by atoms with Crippen LogP contribution in [-0.4, -0.2) is 17.0 Å². The Kier molecular flexibility index (Phi) is 3.11. The average molecular weight is 185 g/mol. The molecule has 1 aliphatic rings. The Bertz CT molecular complexity index is 230. The largest absolute Gasteiger partial charge is 0.481 e. The number of carbonyl (C=O) groups is 2. The molecule has 5 heteroatoms. The monoisotopic (exact) mass is 185 g/mol. The number of hydrogen-bond acceptors (Lipinski definition) is 3. The summed E-state index contributed by atoms with van der Waals surface area (Å²) in [6, 6.07) is 0. The number of carboxylic acid groups (broad SMARTS) is 1. The van der Waals surface area contributed by atoms with Crippen molar-refractivity contribution in [1.29, 1.82) is 0 Å². The minimum Gasteiger partial charge on any atom is -0.481 e. The Hall–Kier alpha value is -1.26. The van der Waals surface area contributed by atoms with Crippen molar-refractivity contribution in [3.05, 3.63) is 4.91 Å². The number of carboxylic acids is 1. The first-order valence-electron chi connectivity index (χ1n) is 4.25. The second-order valence-corrected chi connectivity index (χ2v) is 3.32. The molecule has 0 spiro atoms. The van der Waals surface area contributed by atoms with E-state index in [9.17, 15) is 14.5 Å². The lowest BCUT2D eigenvalue weighted by Gasteiger charge is -2.22. The van der Waals surface area contributed by atoms with Crippen LogP contribution in [-0.2, 0) is 9.59 Å². The molecule has 0 atom stereocenters. The van der Waals surface area contributed by atoms with Crippen molar-refractivity contribution in [3.8, 4) is 0 Å². The van der Waals surface area contributed by atoms with Crippen LogP contribution in [0.1, 0.15) is 25.7 Å². The van der Waals surface area contributed by atoms with Crippen molar-refractivity contribution in [2.75, 3.05) is 0 Å². The summed E-state index contributed by atoms with van der Waals surface area (Å²) >= 11 is 0. The molecule has 72 valence electrons. The molecule has 1 fully saturated rings. The molecule has 0 aromatic rings. The van der Waals surface area contributed by atoms with E-state index in [4.69, 9.17) is 5.11 Å². The molecule has 0 heterocycles. The highest BCUT2D eigenvalue weighted by Crippen LogP contribution is 2.29. The van der Waals surface area contributed by atoms with E-state index in [1.54, 1.807) is 0 Å². The fraction of sp³-hybridized carbons (Fsp3) is 0.750. The maximum Gasteiger partial charge on any atom is 0.306 e. The van der Waals surface area contributed by atoms with E-state index < -0.39 is 11.9 Å². The van der Waals surface area contributed by atoms with Crippen LogP contribution in [0.5, 0.6) is 0 Å². The molecule has 0 aromatic carbocycles. The number of amides is 1. The molecule has 1 N–H and O–H groups in total. The summed E-state index contributed by atoms with van der Waals surface area (Å²) in [6.07, 6.45) is 1.89. The standard InChI is InChI=1S/C8H11NO4/c10-7(9-13)5-1-3-6(4-2-5)8(11)12/h5-6H,1-4H2,(H,11,12). The van der Waals surface area contributed by atoms with Gasteiger partial charge in [-0.1, -0.05) is 0 Å². The van der Waals surface area contributed by atoms with E-state index in [-0.39, 0.29) is 11.8 Å². The number of hydrogen-bond donors (Lipinski definition) is 1. The van der Waals surface area contributed by atoms with Crippen molar-refractivity contribution in [2.24, 2.45) is 17.0 Å². The predicted octanol–water partition coefficient (Wildman–Crippen LogP) is 1.17. The lowest BCUT2D eigenvalue weighted by Crippen LogP contribution is -2.24. The van der Waals surface area contributed by atoms with Crippen LogP contribution in [0.25, 0.3) is 0 Å². The fourth-order valence-corrected chi connectivity index (χ4v) is 1.66. The van der Waals surface area contributed by atoms with Gasteiger partial charge in [-0.3, -0.25) is 9.59 Å². The maximum atomic E-state index is 10.8. The van der Waals surface area contributed by atoms with Crippen LogP contribution in [0.4, 0.5) is 0 Å². The van der Waals surface area contributed by atoms with Crippen molar-refractivity contribution < 1.29 is 14.7 Å². The maximum absolute atomic E-state index is 10.8. The topological polar surface area (TPSA) is 83.8 Å². The summed E-state index contributed by atoms with van der Waals surface area (Å²) in [7, 11) is 0. The number of carbonyl (C=O) groups excluding carboxylic acids is 1. The first kappa shape index (κ1) is 9.83. The van der Waals surface area contributed by atoms with Gasteiger partial charge in [-0.15, -0.1) is 4.91 Å². The van der Waals surface area contributed by atoms with Gasteiger partial charge in [0.15, 0.2) is 0 Å². The van der Waals surface area contributed by atoms with Gasteiger partial charge in [0.25, 0.3) is 5.91 Å². The van der Waals surface area contributed by atoms with E-state index >= 15 is 0 Å². The molecule has 0 radical (unpaired) electrons. The quantitative estimate of drug-likeness (QED) is 0.654. The smallest absolute Gasteiger partial charge is 0.306 e. The summed E-state index contributed by atoms with van der Waals surface area (Å²) in [5.41, 5.74) is 0. The third-order valence-electron chi connectivity index (χ3n) is 2.52. The van der Waals surface area contributed by atoms with Gasteiger partial charge < -0.3 is 5.11 Å². The fourth-order valence-electron chi connectivity index (χ4n) is 1.66. The van der Waals surface area contributed by atoms with Gasteiger partial charge in [-0.2, -0.15) is 0 Å². The van der Waals surface area contributed by atoms with E-state index in [0.29, 0.717) is 25.7 Å². The third kappa shape index (κ3) is 2.34. The highest BCUT2D eigenvalue weighted by Gasteiger charge is 2.29. The van der Waals surface area contributed by atoms with E-state index in [0.717, 1.165) is 0 Å². The summed E-state index contributed by atoms with van der Waals surface area (Å²) in [4.78, 5) is 31.3. The van der Waals surface area contributed by atoms with Crippen molar-refractivity contribution in [3.63, 3.8) is 0 Å². The molecule has 1 aliphatic carbocycles. The normalized spacial score (nSPS) is 28.0. The van der Waals surface area contributed by atoms with Gasteiger partial charge in [0.05, 0.1) is 5.92 Å². The van der Waals surface area contributed by atoms with Crippen LogP contribution in [0.15, 0.2) is 5.18 Å². The Labute approximate surface area is 75.1 Å². The Morgan fingerprint density at radius 1 is 1.08 bits per heavy atom. The van der Waals surface area contributed by atoms with Gasteiger partial charge in [0, 0.05) is 11.1 Å². The molecular formula is C8H11NO4. The van der Waals surface area contributed by atoms with Crippen LogP contribution in [0, 0.1) is 16.7 Å². The first-order chi connectivity index (χ1) is 6.15. The molecule has 13 heavy (non-hydrogen) atoms. The number of nitroso groups, excluding NO2 is 1. The SMILES string of the molecule is O=NC(=O)C1CCC(C(=O)O)CC1. The second kappa shape index (κ2) is 4.11. The van der Waals surface area contributed by atoms with Gasteiger partial charge in [-0.25, -0.2) is 0 Å². The number of aliphatic carboxylic acids is 1. The summed E-state index contributed by atoms with van der Waals surface area (Å²) in [6.45, 7) is 0. The molecule has 0 saturated heterocycles. The number of rotatable bonds is 2. The van der Waals surface area contributed by atoms with Crippen LogP contribution in [0.3, 0.4) is 0 Å². The summed E-state index contributed by atoms with van der Waals surface area (Å²) in [5.74, 6) is -2.14. The van der Waals surface area contributed by atoms with Crippen molar-refractivity contribution in [2.45, 2.75) is 25.7 Å². The molecule has 0 aliphatic heterocycles. The molecular weight excluding hydrogens is 174 g/mol. The van der Waals surface area contributed by atoms with Crippen molar-refractivity contribution in [1.82, 2.24) is 0 Å². The Morgan fingerprint density at radius 2 is 1.54 bits per heavy atom. The van der Waals surface area contributed by atoms with E-state index in [2.05, 4.69) is 5.18 Å². The first-order valence-corrected chi connectivity index (χ1v) is 4.25. The zero-order valence-corrected chi connectivity index (χ0v) is 7.10. The zero-order chi connectivity index (χ0) is 9.84. The lowest BCUT2D eigenvalue weighted by molar-refractivity contribution is -0.143. The van der Waals surface area contributed by atoms with Gasteiger partial charge in [0.1, 0.15) is 0 Å². The lowest BCUT2D eigenvalue weighted by atomic mass is 9.82. The Morgan fingerprint density at radius 3 is 1.92 bits per heavy atom. The van der Waals surface area contributed by atoms with Crippen LogP contribution >= 0.6 is 0 Å². The molecule has 1 rings (SSSR count). The van der Waals surface area contributed by atoms with Crippen LogP contribution in [0.2, 0.25) is 0 Å².